The summed E-state index contributed by atoms with van der Waals surface area (Å²) in [5, 5.41) is 16.2. The first-order valence-electron chi connectivity index (χ1n) is 7.93. The van der Waals surface area contributed by atoms with Gasteiger partial charge in [0, 0.05) is 23.2 Å². The molecule has 0 aliphatic rings. The standard InChI is InChI=1S/C18H20N2O4S2/c1-12(21)19-15(16-6-3-7-26-16)9-17(22)20-14-5-2-4-13(8-14)10-25-11-18(23)24/h2-8,15H,9-11H2,1H3,(H,19,21)(H,20,22)(H,23,24). The molecule has 138 valence electrons. The number of thiophene rings is 1. The predicted octanol–water partition coefficient (Wildman–Crippen LogP) is 3.27. The number of aliphatic carboxylic acids is 1. The molecular weight excluding hydrogens is 372 g/mol. The lowest BCUT2D eigenvalue weighted by molar-refractivity contribution is -0.134. The molecule has 0 fully saturated rings. The number of carboxylic acids is 1. The first kappa shape index (κ1) is 20.0. The molecule has 2 aromatic rings. The molecule has 2 amide bonds. The Bertz CT molecular complexity index is 762. The number of hydrogen-bond acceptors (Lipinski definition) is 5. The van der Waals surface area contributed by atoms with Crippen molar-refractivity contribution >= 4 is 46.6 Å². The van der Waals surface area contributed by atoms with E-state index in [1.54, 1.807) is 6.07 Å². The molecule has 1 heterocycles. The number of carboxylic acid groups (broad SMARTS) is 1. The van der Waals surface area contributed by atoms with Crippen LogP contribution in [0.15, 0.2) is 41.8 Å². The third-order valence-corrected chi connectivity index (χ3v) is 5.33. The largest absolute Gasteiger partial charge is 0.481 e. The highest BCUT2D eigenvalue weighted by atomic mass is 32.2. The maximum atomic E-state index is 12.4. The molecule has 0 aliphatic heterocycles. The molecular formula is C18H20N2O4S2. The number of nitrogens with one attached hydrogen (secondary N) is 2. The van der Waals surface area contributed by atoms with Gasteiger partial charge in [0.2, 0.25) is 11.8 Å². The van der Waals surface area contributed by atoms with E-state index in [9.17, 15) is 14.4 Å². The fraction of sp³-hybridized carbons (Fsp3) is 0.278. The molecule has 0 saturated carbocycles. The molecule has 0 spiro atoms. The first-order chi connectivity index (χ1) is 12.4. The van der Waals surface area contributed by atoms with Gasteiger partial charge in [-0.15, -0.1) is 23.1 Å². The van der Waals surface area contributed by atoms with Crippen molar-refractivity contribution in [2.75, 3.05) is 11.1 Å². The van der Waals surface area contributed by atoms with E-state index < -0.39 is 5.97 Å². The van der Waals surface area contributed by atoms with Gasteiger partial charge in [-0.1, -0.05) is 18.2 Å². The van der Waals surface area contributed by atoms with E-state index in [2.05, 4.69) is 10.6 Å². The van der Waals surface area contributed by atoms with Gasteiger partial charge in [-0.05, 0) is 29.1 Å². The highest BCUT2D eigenvalue weighted by Crippen LogP contribution is 2.23. The van der Waals surface area contributed by atoms with Crippen LogP contribution in [-0.2, 0) is 20.1 Å². The Balaban J connectivity index is 1.95. The van der Waals surface area contributed by atoms with Crippen LogP contribution < -0.4 is 10.6 Å². The third kappa shape index (κ3) is 6.89. The second-order valence-corrected chi connectivity index (χ2v) is 7.57. The van der Waals surface area contributed by atoms with Crippen molar-refractivity contribution in [1.29, 1.82) is 0 Å². The van der Waals surface area contributed by atoms with Crippen LogP contribution >= 0.6 is 23.1 Å². The summed E-state index contributed by atoms with van der Waals surface area (Å²) in [7, 11) is 0. The average Bonchev–Trinajstić information content (AvgIpc) is 3.08. The molecule has 1 aromatic carbocycles. The first-order valence-corrected chi connectivity index (χ1v) is 9.96. The molecule has 2 rings (SSSR count). The van der Waals surface area contributed by atoms with E-state index in [0.717, 1.165) is 10.4 Å². The van der Waals surface area contributed by atoms with E-state index in [1.165, 1.54) is 30.0 Å². The lowest BCUT2D eigenvalue weighted by Gasteiger charge is -2.16. The molecule has 26 heavy (non-hydrogen) atoms. The van der Waals surface area contributed by atoms with Crippen molar-refractivity contribution in [2.45, 2.75) is 25.1 Å². The summed E-state index contributed by atoms with van der Waals surface area (Å²) in [6.07, 6.45) is 0.137. The maximum Gasteiger partial charge on any atom is 0.313 e. The summed E-state index contributed by atoms with van der Waals surface area (Å²) in [4.78, 5) is 35.3. The lowest BCUT2D eigenvalue weighted by atomic mass is 10.1. The SMILES string of the molecule is CC(=O)NC(CC(=O)Nc1cccc(CSCC(=O)O)c1)c1cccs1. The number of thioether (sulfide) groups is 1. The van der Waals surface area contributed by atoms with Gasteiger partial charge in [-0.3, -0.25) is 14.4 Å². The van der Waals surface area contributed by atoms with Crippen LogP contribution in [0.3, 0.4) is 0 Å². The number of rotatable bonds is 9. The Morgan fingerprint density at radius 1 is 1.23 bits per heavy atom. The van der Waals surface area contributed by atoms with Crippen molar-refractivity contribution in [1.82, 2.24) is 5.32 Å². The molecule has 3 N–H and O–H groups in total. The summed E-state index contributed by atoms with van der Waals surface area (Å²) in [6.45, 7) is 1.43. The van der Waals surface area contributed by atoms with Crippen molar-refractivity contribution in [3.63, 3.8) is 0 Å². The molecule has 1 aromatic heterocycles. The quantitative estimate of drug-likeness (QED) is 0.609. The molecule has 1 atom stereocenters. The van der Waals surface area contributed by atoms with Crippen LogP contribution in [0.2, 0.25) is 0 Å². The number of benzene rings is 1. The van der Waals surface area contributed by atoms with Gasteiger partial charge < -0.3 is 15.7 Å². The van der Waals surface area contributed by atoms with Crippen LogP contribution in [0.4, 0.5) is 5.69 Å². The normalized spacial score (nSPS) is 11.6. The van der Waals surface area contributed by atoms with Crippen molar-refractivity contribution in [3.05, 3.63) is 52.2 Å². The van der Waals surface area contributed by atoms with Crippen LogP contribution in [0.25, 0.3) is 0 Å². The highest BCUT2D eigenvalue weighted by Gasteiger charge is 2.18. The van der Waals surface area contributed by atoms with E-state index in [1.807, 2.05) is 35.7 Å². The molecule has 0 bridgehead atoms. The predicted molar refractivity (Wildman–Crippen MR) is 104 cm³/mol. The van der Waals surface area contributed by atoms with Gasteiger partial charge in [-0.25, -0.2) is 0 Å². The van der Waals surface area contributed by atoms with Gasteiger partial charge >= 0.3 is 5.97 Å². The third-order valence-electron chi connectivity index (χ3n) is 3.36. The minimum Gasteiger partial charge on any atom is -0.481 e. The van der Waals surface area contributed by atoms with Crippen LogP contribution in [0.5, 0.6) is 0 Å². The minimum absolute atomic E-state index is 0.0375. The van der Waals surface area contributed by atoms with Crippen molar-refractivity contribution < 1.29 is 19.5 Å². The fourth-order valence-corrected chi connectivity index (χ4v) is 3.82. The second kappa shape index (κ2) is 9.98. The van der Waals surface area contributed by atoms with Gasteiger partial charge in [0.1, 0.15) is 0 Å². The Labute approximate surface area is 160 Å². The van der Waals surface area contributed by atoms with Gasteiger partial charge in [-0.2, -0.15) is 0 Å². The second-order valence-electron chi connectivity index (χ2n) is 5.61. The summed E-state index contributed by atoms with van der Waals surface area (Å²) >= 11 is 2.79. The maximum absolute atomic E-state index is 12.4. The Hall–Kier alpha value is -2.32. The van der Waals surface area contributed by atoms with E-state index >= 15 is 0 Å². The number of amides is 2. The number of carbonyl (C=O) groups excluding carboxylic acids is 2. The molecule has 6 nitrogen and oxygen atoms in total. The monoisotopic (exact) mass is 392 g/mol. The molecule has 0 aliphatic carbocycles. The highest BCUT2D eigenvalue weighted by molar-refractivity contribution is 7.99. The Kier molecular flexibility index (Phi) is 7.68. The summed E-state index contributed by atoms with van der Waals surface area (Å²) in [6, 6.07) is 10.7. The zero-order valence-corrected chi connectivity index (χ0v) is 15.9. The number of carbonyl (C=O) groups is 3. The molecule has 0 radical (unpaired) electrons. The van der Waals surface area contributed by atoms with E-state index in [4.69, 9.17) is 5.11 Å². The van der Waals surface area contributed by atoms with Crippen molar-refractivity contribution in [2.24, 2.45) is 0 Å². The van der Waals surface area contributed by atoms with E-state index in [-0.39, 0.29) is 30.0 Å². The Morgan fingerprint density at radius 2 is 2.04 bits per heavy atom. The Morgan fingerprint density at radius 3 is 2.69 bits per heavy atom. The zero-order chi connectivity index (χ0) is 18.9. The lowest BCUT2D eigenvalue weighted by Crippen LogP contribution is -2.29. The van der Waals surface area contributed by atoms with Crippen LogP contribution in [0, 0.1) is 0 Å². The van der Waals surface area contributed by atoms with Gasteiger partial charge in [0.25, 0.3) is 0 Å². The smallest absolute Gasteiger partial charge is 0.313 e. The minimum atomic E-state index is -0.850. The van der Waals surface area contributed by atoms with Crippen LogP contribution in [-0.4, -0.2) is 28.6 Å². The van der Waals surface area contributed by atoms with Crippen molar-refractivity contribution in [3.8, 4) is 0 Å². The number of anilines is 1. The average molecular weight is 393 g/mol. The van der Waals surface area contributed by atoms with Gasteiger partial charge in [0.15, 0.2) is 0 Å². The summed E-state index contributed by atoms with van der Waals surface area (Å²) < 4.78 is 0. The molecule has 8 heteroatoms. The van der Waals surface area contributed by atoms with E-state index in [0.29, 0.717) is 11.4 Å². The fourth-order valence-electron chi connectivity index (χ4n) is 2.35. The topological polar surface area (TPSA) is 95.5 Å². The summed E-state index contributed by atoms with van der Waals surface area (Å²) in [5.74, 6) is -0.645. The van der Waals surface area contributed by atoms with Gasteiger partial charge in [0.05, 0.1) is 18.2 Å². The zero-order valence-electron chi connectivity index (χ0n) is 14.2. The molecule has 1 unspecified atom stereocenters. The van der Waals surface area contributed by atoms with Crippen LogP contribution in [0.1, 0.15) is 29.8 Å². The molecule has 0 saturated heterocycles. The summed E-state index contributed by atoms with van der Waals surface area (Å²) in [5.41, 5.74) is 1.59. The number of hydrogen-bond donors (Lipinski definition) is 3.